The molecule has 0 unspecified atom stereocenters. The van der Waals surface area contributed by atoms with Crippen molar-refractivity contribution in [2.24, 2.45) is 0 Å². The Hall–Kier alpha value is -2.29. The summed E-state index contributed by atoms with van der Waals surface area (Å²) in [6.45, 7) is 2.31. The third-order valence-electron chi connectivity index (χ3n) is 2.51. The molecule has 0 fully saturated rings. The summed E-state index contributed by atoms with van der Waals surface area (Å²) >= 11 is 1.07. The van der Waals surface area contributed by atoms with Crippen molar-refractivity contribution in [1.29, 1.82) is 0 Å². The van der Waals surface area contributed by atoms with E-state index in [9.17, 15) is 9.59 Å². The van der Waals surface area contributed by atoms with Crippen LogP contribution in [0.25, 0.3) is 0 Å². The van der Waals surface area contributed by atoms with Gasteiger partial charge < -0.3 is 10.4 Å². The summed E-state index contributed by atoms with van der Waals surface area (Å²) in [4.78, 5) is 26.8. The first-order chi connectivity index (χ1) is 9.56. The van der Waals surface area contributed by atoms with E-state index in [0.717, 1.165) is 11.3 Å². The molecule has 1 amide bonds. The zero-order valence-electron chi connectivity index (χ0n) is 10.7. The van der Waals surface area contributed by atoms with Gasteiger partial charge in [0.25, 0.3) is 0 Å². The van der Waals surface area contributed by atoms with Crippen LogP contribution in [0.5, 0.6) is 0 Å². The van der Waals surface area contributed by atoms with Crippen LogP contribution in [-0.2, 0) is 17.9 Å². The van der Waals surface area contributed by atoms with Gasteiger partial charge in [-0.3, -0.25) is 9.48 Å². The number of carbonyl (C=O) groups is 2. The molecule has 20 heavy (non-hydrogen) atoms. The molecular weight excluding hydrogens is 282 g/mol. The number of carboxylic acids is 1. The number of amides is 1. The Morgan fingerprint density at radius 2 is 2.30 bits per heavy atom. The Labute approximate surface area is 118 Å². The quantitative estimate of drug-likeness (QED) is 0.800. The van der Waals surface area contributed by atoms with Crippen molar-refractivity contribution >= 4 is 23.2 Å². The molecule has 0 radical (unpaired) electrons. The van der Waals surface area contributed by atoms with E-state index in [2.05, 4.69) is 20.6 Å². The minimum atomic E-state index is -0.997. The molecule has 0 aromatic carbocycles. The molecular formula is C11H13N5O3S. The number of aromatic carboxylic acids is 1. The van der Waals surface area contributed by atoms with E-state index in [4.69, 9.17) is 5.11 Å². The molecule has 2 aromatic heterocycles. The van der Waals surface area contributed by atoms with Crippen LogP contribution in [0.15, 0.2) is 12.4 Å². The monoisotopic (exact) mass is 295 g/mol. The largest absolute Gasteiger partial charge is 0.477 e. The number of hydrogen-bond acceptors (Lipinski definition) is 6. The van der Waals surface area contributed by atoms with Crippen LogP contribution in [0.4, 0.5) is 0 Å². The van der Waals surface area contributed by atoms with E-state index in [-0.39, 0.29) is 23.7 Å². The highest BCUT2D eigenvalue weighted by Gasteiger charge is 2.14. The lowest BCUT2D eigenvalue weighted by Gasteiger charge is -2.02. The van der Waals surface area contributed by atoms with Gasteiger partial charge in [-0.25, -0.2) is 9.78 Å². The van der Waals surface area contributed by atoms with Crippen molar-refractivity contribution in [3.8, 4) is 0 Å². The summed E-state index contributed by atoms with van der Waals surface area (Å²) in [7, 11) is 0. The maximum atomic E-state index is 11.6. The van der Waals surface area contributed by atoms with Crippen LogP contribution in [-0.4, -0.2) is 37.0 Å². The lowest BCUT2D eigenvalue weighted by Crippen LogP contribution is -2.24. The predicted molar refractivity (Wildman–Crippen MR) is 70.3 cm³/mol. The zero-order valence-corrected chi connectivity index (χ0v) is 11.6. The molecule has 0 atom stereocenters. The fraction of sp³-hybridized carbons (Fsp3) is 0.364. The van der Waals surface area contributed by atoms with E-state index in [1.807, 2.05) is 0 Å². The molecule has 0 aliphatic heterocycles. The van der Waals surface area contributed by atoms with E-state index >= 15 is 0 Å². The number of carbonyl (C=O) groups excluding carboxylic acids is 1. The third-order valence-corrected chi connectivity index (χ3v) is 3.66. The van der Waals surface area contributed by atoms with E-state index in [1.165, 1.54) is 0 Å². The summed E-state index contributed by atoms with van der Waals surface area (Å²) in [5.74, 6) is -1.14. The molecule has 2 aromatic rings. The second-order valence-corrected chi connectivity index (χ2v) is 5.10. The molecule has 0 bridgehead atoms. The van der Waals surface area contributed by atoms with E-state index in [0.29, 0.717) is 17.2 Å². The molecule has 8 nitrogen and oxygen atoms in total. The van der Waals surface area contributed by atoms with Crippen molar-refractivity contribution in [2.45, 2.75) is 26.4 Å². The molecule has 0 spiro atoms. The lowest BCUT2D eigenvalue weighted by atomic mass is 10.4. The Morgan fingerprint density at radius 1 is 1.50 bits per heavy atom. The molecule has 0 aliphatic rings. The summed E-state index contributed by atoms with van der Waals surface area (Å²) in [6.07, 6.45) is 3.50. The Kier molecular flexibility index (Phi) is 4.41. The average Bonchev–Trinajstić information content (AvgIpc) is 3.03. The first-order valence-electron chi connectivity index (χ1n) is 5.86. The van der Waals surface area contributed by atoms with E-state index in [1.54, 1.807) is 24.0 Å². The number of nitrogens with zero attached hydrogens (tertiary/aromatic N) is 4. The van der Waals surface area contributed by atoms with Gasteiger partial charge >= 0.3 is 5.97 Å². The second-order valence-electron chi connectivity index (χ2n) is 4.02. The van der Waals surface area contributed by atoms with Crippen LogP contribution in [0, 0.1) is 6.92 Å². The topological polar surface area (TPSA) is 110 Å². The van der Waals surface area contributed by atoms with Crippen molar-refractivity contribution in [3.05, 3.63) is 28.0 Å². The number of carboxylic acid groups (broad SMARTS) is 1. The van der Waals surface area contributed by atoms with Gasteiger partial charge in [-0.15, -0.1) is 16.4 Å². The van der Waals surface area contributed by atoms with Gasteiger partial charge in [0.15, 0.2) is 0 Å². The molecule has 0 saturated carbocycles. The number of aromatic nitrogens is 4. The van der Waals surface area contributed by atoms with Crippen LogP contribution < -0.4 is 5.32 Å². The lowest BCUT2D eigenvalue weighted by molar-refractivity contribution is -0.121. The number of rotatable bonds is 6. The molecule has 9 heteroatoms. The number of nitrogens with one attached hydrogen (secondary N) is 1. The molecule has 0 aliphatic carbocycles. The highest BCUT2D eigenvalue weighted by atomic mass is 32.1. The van der Waals surface area contributed by atoms with Crippen LogP contribution in [0.1, 0.15) is 26.8 Å². The van der Waals surface area contributed by atoms with Crippen LogP contribution >= 0.6 is 11.3 Å². The van der Waals surface area contributed by atoms with E-state index < -0.39 is 5.97 Å². The van der Waals surface area contributed by atoms with Crippen molar-refractivity contribution in [1.82, 2.24) is 25.3 Å². The summed E-state index contributed by atoms with van der Waals surface area (Å²) in [5.41, 5.74) is 0.467. The Balaban J connectivity index is 1.81. The highest BCUT2D eigenvalue weighted by molar-refractivity contribution is 7.13. The SMILES string of the molecule is Cc1nc(CNC(=O)CCn2ccnn2)sc1C(=O)O. The van der Waals surface area contributed by atoms with Crippen molar-refractivity contribution < 1.29 is 14.7 Å². The van der Waals surface area contributed by atoms with Gasteiger partial charge in [0, 0.05) is 12.6 Å². The third kappa shape index (κ3) is 3.60. The molecule has 106 valence electrons. The highest BCUT2D eigenvalue weighted by Crippen LogP contribution is 2.17. The molecule has 2 heterocycles. The van der Waals surface area contributed by atoms with Gasteiger partial charge in [0.1, 0.15) is 9.88 Å². The Morgan fingerprint density at radius 3 is 2.90 bits per heavy atom. The average molecular weight is 295 g/mol. The molecule has 2 rings (SSSR count). The van der Waals surface area contributed by atoms with Crippen molar-refractivity contribution in [2.75, 3.05) is 0 Å². The maximum absolute atomic E-state index is 11.6. The number of thiazole rings is 1. The second kappa shape index (κ2) is 6.24. The molecule has 2 N–H and O–H groups in total. The standard InChI is InChI=1S/C11H13N5O3S/c1-7-10(11(18)19)20-9(14-7)6-12-8(17)2-4-16-5-3-13-15-16/h3,5H,2,4,6H2,1H3,(H,12,17)(H,18,19). The number of aryl methyl sites for hydroxylation is 2. The summed E-state index contributed by atoms with van der Waals surface area (Å²) in [5, 5.41) is 19.6. The first-order valence-corrected chi connectivity index (χ1v) is 6.68. The van der Waals surface area contributed by atoms with Gasteiger partial charge in [-0.05, 0) is 6.92 Å². The van der Waals surface area contributed by atoms with Gasteiger partial charge in [0.05, 0.1) is 25.0 Å². The zero-order chi connectivity index (χ0) is 14.5. The number of hydrogen-bond donors (Lipinski definition) is 2. The summed E-state index contributed by atoms with van der Waals surface area (Å²) in [6, 6.07) is 0. The maximum Gasteiger partial charge on any atom is 0.347 e. The minimum Gasteiger partial charge on any atom is -0.477 e. The Bertz CT molecular complexity index is 608. The first kappa shape index (κ1) is 14.1. The molecule has 0 saturated heterocycles. The predicted octanol–water partition coefficient (Wildman–Crippen LogP) is 0.448. The van der Waals surface area contributed by atoms with Crippen LogP contribution in [0.2, 0.25) is 0 Å². The fourth-order valence-corrected chi connectivity index (χ4v) is 2.40. The normalized spacial score (nSPS) is 10.4. The van der Waals surface area contributed by atoms with Gasteiger partial charge in [-0.2, -0.15) is 0 Å². The van der Waals surface area contributed by atoms with Gasteiger partial charge in [0.2, 0.25) is 5.91 Å². The van der Waals surface area contributed by atoms with Crippen molar-refractivity contribution in [3.63, 3.8) is 0 Å². The summed E-state index contributed by atoms with van der Waals surface area (Å²) < 4.78 is 1.57. The minimum absolute atomic E-state index is 0.148. The smallest absolute Gasteiger partial charge is 0.347 e. The fourth-order valence-electron chi connectivity index (χ4n) is 1.56. The van der Waals surface area contributed by atoms with Gasteiger partial charge in [-0.1, -0.05) is 5.21 Å². The van der Waals surface area contributed by atoms with Crippen LogP contribution in [0.3, 0.4) is 0 Å².